The molecule has 174 valence electrons. The zero-order valence-electron chi connectivity index (χ0n) is 18.8. The number of likely N-dealkylation sites (N-methyl/N-ethyl adjacent to an activating group) is 1. The van der Waals surface area contributed by atoms with E-state index in [9.17, 15) is 9.59 Å². The van der Waals surface area contributed by atoms with E-state index in [1.54, 1.807) is 37.8 Å². The van der Waals surface area contributed by atoms with Gasteiger partial charge < -0.3 is 14.4 Å². The van der Waals surface area contributed by atoms with Gasteiger partial charge in [-0.15, -0.1) is 0 Å². The Balaban J connectivity index is 0.000000244. The molecule has 0 bridgehead atoms. The molecule has 2 aromatic heterocycles. The molecular weight excluding hydrogens is 476 g/mol. The van der Waals surface area contributed by atoms with Gasteiger partial charge in [0.05, 0.1) is 13.2 Å². The molecular formula is C23H31BrN4O4. The highest BCUT2D eigenvalue weighted by Crippen LogP contribution is 2.23. The molecule has 1 saturated heterocycles. The first-order chi connectivity index (χ1) is 15.5. The molecule has 1 aliphatic rings. The van der Waals surface area contributed by atoms with E-state index in [1.807, 2.05) is 25.1 Å². The van der Waals surface area contributed by atoms with E-state index >= 15 is 0 Å². The number of pyridine rings is 2. The molecule has 1 fully saturated rings. The minimum atomic E-state index is -0.416. The lowest BCUT2D eigenvalue weighted by molar-refractivity contribution is -0.150. The maximum atomic E-state index is 12.2. The number of aromatic nitrogens is 2. The summed E-state index contributed by atoms with van der Waals surface area (Å²) < 4.78 is 10.1. The summed E-state index contributed by atoms with van der Waals surface area (Å²) in [6, 6.07) is 7.07. The summed E-state index contributed by atoms with van der Waals surface area (Å²) in [7, 11) is 2.10. The van der Waals surface area contributed by atoms with Gasteiger partial charge in [0.2, 0.25) is 0 Å². The fourth-order valence-electron chi connectivity index (χ4n) is 3.21. The zero-order valence-corrected chi connectivity index (χ0v) is 20.4. The van der Waals surface area contributed by atoms with Crippen molar-refractivity contribution in [3.8, 4) is 0 Å². The maximum absolute atomic E-state index is 12.2. The summed E-state index contributed by atoms with van der Waals surface area (Å²) in [6.07, 6.45) is 6.76. The second-order valence-electron chi connectivity index (χ2n) is 7.18. The van der Waals surface area contributed by atoms with Crippen molar-refractivity contribution in [3.05, 3.63) is 60.2 Å². The van der Waals surface area contributed by atoms with Crippen LogP contribution in [-0.2, 0) is 19.1 Å². The summed E-state index contributed by atoms with van der Waals surface area (Å²) in [4.78, 5) is 35.5. The van der Waals surface area contributed by atoms with Crippen LogP contribution in [0.1, 0.15) is 35.8 Å². The Labute approximate surface area is 198 Å². The second-order valence-corrected chi connectivity index (χ2v) is 8.10. The lowest BCUT2D eigenvalue weighted by atomic mass is 10.1. The highest BCUT2D eigenvalue weighted by atomic mass is 79.9. The average Bonchev–Trinajstić information content (AvgIpc) is 2.82. The highest BCUT2D eigenvalue weighted by Gasteiger charge is 2.31. The van der Waals surface area contributed by atoms with Gasteiger partial charge >= 0.3 is 11.9 Å². The molecule has 0 aliphatic carbocycles. The van der Waals surface area contributed by atoms with Gasteiger partial charge in [0.15, 0.2) is 0 Å². The Morgan fingerprint density at radius 2 is 1.47 bits per heavy atom. The quantitative estimate of drug-likeness (QED) is 0.418. The predicted octanol–water partition coefficient (Wildman–Crippen LogP) is 3.01. The van der Waals surface area contributed by atoms with Gasteiger partial charge in [0.25, 0.3) is 0 Å². The molecule has 2 aromatic rings. The van der Waals surface area contributed by atoms with Crippen molar-refractivity contribution < 1.29 is 19.1 Å². The Morgan fingerprint density at radius 1 is 0.938 bits per heavy atom. The van der Waals surface area contributed by atoms with Crippen LogP contribution in [0.4, 0.5) is 0 Å². The van der Waals surface area contributed by atoms with Crippen molar-refractivity contribution in [1.82, 2.24) is 19.8 Å². The van der Waals surface area contributed by atoms with Gasteiger partial charge in [-0.3, -0.25) is 19.7 Å². The fourth-order valence-corrected chi connectivity index (χ4v) is 3.62. The lowest BCUT2D eigenvalue weighted by Gasteiger charge is -2.36. The Bertz CT molecular complexity index is 817. The molecule has 2 unspecified atom stereocenters. The molecule has 0 aromatic carbocycles. The van der Waals surface area contributed by atoms with Gasteiger partial charge in [-0.2, -0.15) is 0 Å². The predicted molar refractivity (Wildman–Crippen MR) is 125 cm³/mol. The molecule has 0 saturated carbocycles. The van der Waals surface area contributed by atoms with E-state index in [1.165, 1.54) is 0 Å². The monoisotopic (exact) mass is 506 g/mol. The molecule has 0 spiro atoms. The van der Waals surface area contributed by atoms with Crippen molar-refractivity contribution in [3.63, 3.8) is 0 Å². The number of piperazine rings is 1. The van der Waals surface area contributed by atoms with Crippen LogP contribution in [0.5, 0.6) is 0 Å². The van der Waals surface area contributed by atoms with E-state index in [0.717, 1.165) is 37.3 Å². The Kier molecular flexibility index (Phi) is 11.3. The van der Waals surface area contributed by atoms with Gasteiger partial charge in [-0.1, -0.05) is 28.1 Å². The third-order valence-electron chi connectivity index (χ3n) is 4.88. The number of hydrogen-bond donors (Lipinski definition) is 0. The van der Waals surface area contributed by atoms with E-state index in [4.69, 9.17) is 9.47 Å². The Hall–Kier alpha value is -2.36. The normalized spacial score (nSPS) is 16.2. The third-order valence-corrected chi connectivity index (χ3v) is 5.79. The number of halogens is 1. The SMILES string of the molecule is CCOC(=O)C(Br)c1cccnc1.CCOC(=O)C(c1cccnc1)N1CCN(C)CC1. The van der Waals surface area contributed by atoms with Crippen molar-refractivity contribution in [2.45, 2.75) is 24.7 Å². The van der Waals surface area contributed by atoms with Crippen molar-refractivity contribution in [2.75, 3.05) is 46.4 Å². The van der Waals surface area contributed by atoms with E-state index in [2.05, 4.69) is 42.7 Å². The highest BCUT2D eigenvalue weighted by molar-refractivity contribution is 9.09. The largest absolute Gasteiger partial charge is 0.465 e. The van der Waals surface area contributed by atoms with E-state index < -0.39 is 4.83 Å². The summed E-state index contributed by atoms with van der Waals surface area (Å²) in [5.41, 5.74) is 1.71. The van der Waals surface area contributed by atoms with Crippen LogP contribution in [0.2, 0.25) is 0 Å². The number of carbonyl (C=O) groups is 2. The molecule has 32 heavy (non-hydrogen) atoms. The number of esters is 2. The van der Waals surface area contributed by atoms with Crippen LogP contribution in [0.3, 0.4) is 0 Å². The van der Waals surface area contributed by atoms with Crippen molar-refractivity contribution in [2.24, 2.45) is 0 Å². The minimum absolute atomic E-state index is 0.181. The first kappa shape index (κ1) is 25.9. The van der Waals surface area contributed by atoms with E-state index in [0.29, 0.717) is 13.2 Å². The molecule has 0 N–H and O–H groups in total. The molecule has 8 nitrogen and oxygen atoms in total. The van der Waals surface area contributed by atoms with Gasteiger partial charge in [0.1, 0.15) is 10.9 Å². The van der Waals surface area contributed by atoms with Crippen LogP contribution in [-0.4, -0.2) is 78.1 Å². The molecule has 3 rings (SSSR count). The first-order valence-corrected chi connectivity index (χ1v) is 11.6. The number of ether oxygens (including phenoxy) is 2. The molecule has 9 heteroatoms. The summed E-state index contributed by atoms with van der Waals surface area (Å²) in [5, 5.41) is 0. The molecule has 1 aliphatic heterocycles. The number of carbonyl (C=O) groups excluding carboxylic acids is 2. The van der Waals surface area contributed by atoms with Crippen LogP contribution in [0.15, 0.2) is 49.1 Å². The average molecular weight is 507 g/mol. The van der Waals surface area contributed by atoms with E-state index in [-0.39, 0.29) is 18.0 Å². The number of nitrogens with zero attached hydrogens (tertiary/aromatic N) is 4. The van der Waals surface area contributed by atoms with Gasteiger partial charge in [-0.25, -0.2) is 4.79 Å². The summed E-state index contributed by atoms with van der Waals surface area (Å²) >= 11 is 3.24. The fraction of sp³-hybridized carbons (Fsp3) is 0.478. The number of rotatable bonds is 7. The zero-order chi connectivity index (χ0) is 23.3. The van der Waals surface area contributed by atoms with Gasteiger partial charge in [-0.05, 0) is 44.2 Å². The topological polar surface area (TPSA) is 84.9 Å². The molecule has 2 atom stereocenters. The second kappa shape index (κ2) is 13.9. The minimum Gasteiger partial charge on any atom is -0.465 e. The molecule has 0 radical (unpaired) electrons. The third kappa shape index (κ3) is 7.96. The van der Waals surface area contributed by atoms with Crippen LogP contribution in [0, 0.1) is 0 Å². The van der Waals surface area contributed by atoms with Crippen LogP contribution in [0.25, 0.3) is 0 Å². The lowest BCUT2D eigenvalue weighted by Crippen LogP contribution is -2.48. The first-order valence-electron chi connectivity index (χ1n) is 10.7. The van der Waals surface area contributed by atoms with Gasteiger partial charge in [0, 0.05) is 51.0 Å². The smallest absolute Gasteiger partial charge is 0.328 e. The summed E-state index contributed by atoms with van der Waals surface area (Å²) in [6.45, 7) is 8.09. The van der Waals surface area contributed by atoms with Crippen LogP contribution >= 0.6 is 15.9 Å². The van der Waals surface area contributed by atoms with Crippen molar-refractivity contribution >= 4 is 27.9 Å². The number of hydrogen-bond acceptors (Lipinski definition) is 8. The Morgan fingerprint density at radius 3 is 1.97 bits per heavy atom. The van der Waals surface area contributed by atoms with Crippen LogP contribution < -0.4 is 0 Å². The number of alkyl halides is 1. The molecule has 0 amide bonds. The standard InChI is InChI=1S/C14H21N3O2.C9H10BrNO2/c1-3-19-14(18)13(12-5-4-6-15-11-12)17-9-7-16(2)8-10-17;1-2-13-9(12)8(10)7-4-3-5-11-6-7/h4-6,11,13H,3,7-10H2,1-2H3;3-6,8H,2H2,1H3. The molecule has 3 heterocycles. The maximum Gasteiger partial charge on any atom is 0.328 e. The van der Waals surface area contributed by atoms with Crippen molar-refractivity contribution in [1.29, 1.82) is 0 Å². The summed E-state index contributed by atoms with van der Waals surface area (Å²) in [5.74, 6) is -0.462.